The summed E-state index contributed by atoms with van der Waals surface area (Å²) in [6.07, 6.45) is 6.57. The molecule has 3 aromatic carbocycles. The fraction of sp³-hybridized carbons (Fsp3) is 0.442. The third-order valence-corrected chi connectivity index (χ3v) is 9.58. The van der Waals surface area contributed by atoms with Crippen LogP contribution >= 0.6 is 0 Å². The lowest BCUT2D eigenvalue weighted by Crippen LogP contribution is -2.44. The van der Waals surface area contributed by atoms with E-state index in [0.717, 1.165) is 42.4 Å². The predicted octanol–water partition coefficient (Wildman–Crippen LogP) is 6.27. The largest absolute Gasteiger partial charge is 0.405 e. The summed E-state index contributed by atoms with van der Waals surface area (Å²) >= 11 is 0. The number of hydrogen-bond donors (Lipinski definition) is 4. The quantitative estimate of drug-likeness (QED) is 0.111. The number of carbonyl (C=O) groups excluding carboxylic acids is 2. The third-order valence-electron chi connectivity index (χ3n) is 9.58. The second-order valence-corrected chi connectivity index (χ2v) is 13.3. The van der Waals surface area contributed by atoms with Crippen molar-refractivity contribution in [2.24, 2.45) is 5.73 Å². The van der Waals surface area contributed by atoms with Gasteiger partial charge in [0.1, 0.15) is 6.04 Å². The van der Waals surface area contributed by atoms with Crippen molar-refractivity contribution in [3.8, 4) is 6.07 Å². The smallest absolute Gasteiger partial charge is 0.251 e. The van der Waals surface area contributed by atoms with Gasteiger partial charge < -0.3 is 21.3 Å². The van der Waals surface area contributed by atoms with Gasteiger partial charge in [0, 0.05) is 30.6 Å². The molecule has 1 aliphatic rings. The van der Waals surface area contributed by atoms with Crippen molar-refractivity contribution in [2.75, 3.05) is 19.6 Å². The van der Waals surface area contributed by atoms with E-state index in [1.54, 1.807) is 4.90 Å². The zero-order chi connectivity index (χ0) is 39.5. The monoisotopic (exact) mass is 733 g/mol. The van der Waals surface area contributed by atoms with Crippen LogP contribution in [0.3, 0.4) is 0 Å². The number of aromatic amines is 1. The fourth-order valence-electron chi connectivity index (χ4n) is 6.92. The van der Waals surface area contributed by atoms with Crippen molar-refractivity contribution in [2.45, 2.75) is 104 Å². The Labute approximate surface area is 321 Å². The lowest BCUT2D eigenvalue weighted by molar-refractivity contribution is -0.130. The maximum Gasteiger partial charge on any atom is 0.251 e. The van der Waals surface area contributed by atoms with Crippen LogP contribution in [0, 0.1) is 25.2 Å². The van der Waals surface area contributed by atoms with Crippen LogP contribution in [0.25, 0.3) is 0 Å². The minimum atomic E-state index is -0.371. The van der Waals surface area contributed by atoms with E-state index in [1.165, 1.54) is 28.5 Å². The predicted molar refractivity (Wildman–Crippen MR) is 216 cm³/mol. The Balaban J connectivity index is 0.00000149. The Morgan fingerprint density at radius 3 is 2.39 bits per heavy atom. The Kier molecular flexibility index (Phi) is 18.1. The molecule has 5 N–H and O–H groups in total. The number of nitrogens with zero attached hydrogens (tertiary/aromatic N) is 5. The second kappa shape index (κ2) is 22.7. The van der Waals surface area contributed by atoms with Crippen LogP contribution in [0.1, 0.15) is 108 Å². The van der Waals surface area contributed by atoms with Gasteiger partial charge in [0.25, 0.3) is 5.91 Å². The van der Waals surface area contributed by atoms with E-state index in [4.69, 9.17) is 0 Å². The molecule has 2 amide bonds. The van der Waals surface area contributed by atoms with Gasteiger partial charge in [0.05, 0.1) is 12.6 Å². The first kappa shape index (κ1) is 43.1. The van der Waals surface area contributed by atoms with Crippen LogP contribution in [0.4, 0.5) is 0 Å². The molecule has 0 saturated carbocycles. The minimum Gasteiger partial charge on any atom is -0.405 e. The van der Waals surface area contributed by atoms with E-state index in [0.29, 0.717) is 43.7 Å². The number of hydrogen-bond acceptors (Lipinski definition) is 8. The molecule has 5 rings (SSSR count). The zero-order valence-electron chi connectivity index (χ0n) is 33.0. The average molecular weight is 734 g/mol. The molecule has 54 heavy (non-hydrogen) atoms. The Morgan fingerprint density at radius 2 is 1.74 bits per heavy atom. The molecular formula is C43H59N9O2. The number of aromatic nitrogens is 4. The topological polar surface area (TPSA) is 166 Å². The number of aryl methyl sites for hydroxylation is 5. The van der Waals surface area contributed by atoms with E-state index in [-0.39, 0.29) is 36.4 Å². The van der Waals surface area contributed by atoms with Crippen molar-refractivity contribution in [3.63, 3.8) is 0 Å². The molecule has 2 heterocycles. The van der Waals surface area contributed by atoms with Crippen LogP contribution in [0.15, 0.2) is 73.4 Å². The lowest BCUT2D eigenvalue weighted by Gasteiger charge is -2.27. The van der Waals surface area contributed by atoms with Gasteiger partial charge in [0.15, 0.2) is 5.82 Å². The van der Waals surface area contributed by atoms with Crippen LogP contribution < -0.4 is 16.4 Å². The van der Waals surface area contributed by atoms with Gasteiger partial charge >= 0.3 is 0 Å². The van der Waals surface area contributed by atoms with E-state index in [1.807, 2.05) is 39.0 Å². The molecule has 1 aromatic heterocycles. The maximum absolute atomic E-state index is 13.3. The summed E-state index contributed by atoms with van der Waals surface area (Å²) in [5.41, 5.74) is 13.5. The van der Waals surface area contributed by atoms with Gasteiger partial charge in [-0.05, 0) is 112 Å². The highest BCUT2D eigenvalue weighted by Crippen LogP contribution is 2.32. The number of nitrogens with one attached hydrogen (secondary N) is 3. The van der Waals surface area contributed by atoms with Crippen molar-refractivity contribution in [3.05, 3.63) is 124 Å². The van der Waals surface area contributed by atoms with Crippen LogP contribution in [0.5, 0.6) is 0 Å². The van der Waals surface area contributed by atoms with Gasteiger partial charge in [0.2, 0.25) is 5.91 Å². The number of H-pyrrole nitrogens is 1. The summed E-state index contributed by atoms with van der Waals surface area (Å²) in [6, 6.07) is 22.8. The molecule has 0 radical (unpaired) electrons. The zero-order valence-corrected chi connectivity index (χ0v) is 33.0. The highest BCUT2D eigenvalue weighted by atomic mass is 16.2. The molecule has 3 unspecified atom stereocenters. The Bertz CT molecular complexity index is 1800. The third kappa shape index (κ3) is 12.4. The van der Waals surface area contributed by atoms with Crippen LogP contribution in [-0.2, 0) is 30.5 Å². The number of likely N-dealkylation sites (tertiary alicyclic amines) is 1. The number of tetrazole rings is 1. The van der Waals surface area contributed by atoms with Gasteiger partial charge in [-0.25, -0.2) is 0 Å². The summed E-state index contributed by atoms with van der Waals surface area (Å²) in [7, 11) is 0. The molecule has 4 aromatic rings. The van der Waals surface area contributed by atoms with E-state index < -0.39 is 0 Å². The molecule has 1 fully saturated rings. The molecule has 288 valence electrons. The molecule has 0 bridgehead atoms. The maximum atomic E-state index is 13.3. The van der Waals surface area contributed by atoms with E-state index >= 15 is 0 Å². The number of amides is 2. The van der Waals surface area contributed by atoms with Gasteiger partial charge in [-0.1, -0.05) is 92.2 Å². The molecule has 3 atom stereocenters. The summed E-state index contributed by atoms with van der Waals surface area (Å²) in [5.74, 6) is 0.122. The normalized spacial score (nSPS) is 14.4. The highest BCUT2D eigenvalue weighted by Gasteiger charge is 2.30. The second-order valence-electron chi connectivity index (χ2n) is 13.3. The lowest BCUT2D eigenvalue weighted by atomic mass is 9.83. The van der Waals surface area contributed by atoms with Gasteiger partial charge in [-0.3, -0.25) is 9.59 Å². The summed E-state index contributed by atoms with van der Waals surface area (Å²) < 4.78 is 0. The fourth-order valence-corrected chi connectivity index (χ4v) is 6.92. The Morgan fingerprint density at radius 1 is 1.04 bits per heavy atom. The highest BCUT2D eigenvalue weighted by molar-refractivity contribution is 5.94. The van der Waals surface area contributed by atoms with Crippen LogP contribution in [0.2, 0.25) is 0 Å². The van der Waals surface area contributed by atoms with Crippen LogP contribution in [-0.4, -0.2) is 69.1 Å². The first-order valence-corrected chi connectivity index (χ1v) is 19.2. The molecule has 11 heteroatoms. The molecule has 1 aliphatic heterocycles. The minimum absolute atomic E-state index is 0.0640. The summed E-state index contributed by atoms with van der Waals surface area (Å²) in [4.78, 5) is 28.1. The van der Waals surface area contributed by atoms with Crippen molar-refractivity contribution >= 4 is 11.8 Å². The van der Waals surface area contributed by atoms with Crippen molar-refractivity contribution in [1.29, 1.82) is 5.26 Å². The van der Waals surface area contributed by atoms with E-state index in [2.05, 4.69) is 113 Å². The number of nitrogens with two attached hydrogens (primary N) is 1. The number of carbonyl (C=O) groups is 2. The van der Waals surface area contributed by atoms with Gasteiger partial charge in [-0.2, -0.15) is 10.5 Å². The first-order chi connectivity index (χ1) is 26.2. The molecule has 1 saturated heterocycles. The number of benzene rings is 3. The number of rotatable bonds is 15. The van der Waals surface area contributed by atoms with Crippen molar-refractivity contribution in [1.82, 2.24) is 36.2 Å². The first-order valence-electron chi connectivity index (χ1n) is 19.2. The molecule has 11 nitrogen and oxygen atoms in total. The SMILES string of the molecule is C=CN.CC.CCNC(=O)c1ccc(C(CC(Cc2ccc(C)cc2)NCC(=O)N2CCCC2C#N)c2nn[nH]n2)c(CCc2cc(C)ccc2CC)c1. The molecule has 0 aliphatic carbocycles. The standard InChI is InChI=1S/C39H48N8O2.C2H5N.C2H6/c1-5-29-14-11-27(4)20-30(29)15-16-31-22-32(39(49)41-6-2)17-18-35(31)36(38-43-45-46-44-38)23-33(21-28-12-9-26(3)10-13-28)42-25-37(48)47-19-7-8-34(47)24-40;1-2-3;1-2/h9-14,17-18,20,22,33-34,36,42H,5-8,15-16,19,21,23,25H2,1-4H3,(H,41,49)(H,43,44,45,46);2H,1,3H2;1-2H3. The molecule has 0 spiro atoms. The number of nitriles is 1. The van der Waals surface area contributed by atoms with Crippen molar-refractivity contribution < 1.29 is 9.59 Å². The summed E-state index contributed by atoms with van der Waals surface area (Å²) in [6.45, 7) is 16.7. The average Bonchev–Trinajstić information content (AvgIpc) is 3.90. The summed E-state index contributed by atoms with van der Waals surface area (Å²) in [5, 5.41) is 31.6. The van der Waals surface area contributed by atoms with E-state index in [9.17, 15) is 14.9 Å². The Hall–Kier alpha value is -5.34. The van der Waals surface area contributed by atoms with Gasteiger partial charge in [-0.15, -0.1) is 10.2 Å². The molecular weight excluding hydrogens is 675 g/mol.